The van der Waals surface area contributed by atoms with Crippen LogP contribution in [0, 0.1) is 11.8 Å². The molecule has 2 unspecified atom stereocenters. The summed E-state index contributed by atoms with van der Waals surface area (Å²) in [6.07, 6.45) is 1.07. The van der Waals surface area contributed by atoms with E-state index in [-0.39, 0.29) is 30.3 Å². The Labute approximate surface area is 156 Å². The molecule has 4 N–H and O–H groups in total. The van der Waals surface area contributed by atoms with E-state index in [1.807, 2.05) is 26.8 Å². The van der Waals surface area contributed by atoms with Gasteiger partial charge in [-0.1, -0.05) is 44.2 Å². The topological polar surface area (TPSA) is 87.5 Å². The first-order valence-corrected chi connectivity index (χ1v) is 9.45. The molecule has 1 aliphatic heterocycles. The number of amides is 2. The minimum absolute atomic E-state index is 0.0238. The maximum Gasteiger partial charge on any atom is 0.239 e. The van der Waals surface area contributed by atoms with E-state index in [2.05, 4.69) is 39.8 Å². The summed E-state index contributed by atoms with van der Waals surface area (Å²) in [5, 5.41) is 5.62. The summed E-state index contributed by atoms with van der Waals surface area (Å²) in [4.78, 5) is 26.3. The lowest BCUT2D eigenvalue weighted by atomic mass is 10.0. The van der Waals surface area contributed by atoms with Gasteiger partial charge in [0.05, 0.1) is 12.6 Å². The van der Waals surface area contributed by atoms with Gasteiger partial charge in [0.2, 0.25) is 11.8 Å². The molecule has 0 aliphatic carbocycles. The molecule has 1 saturated heterocycles. The van der Waals surface area contributed by atoms with Crippen molar-refractivity contribution >= 4 is 11.8 Å². The summed E-state index contributed by atoms with van der Waals surface area (Å²) in [5.41, 5.74) is 7.09. The van der Waals surface area contributed by atoms with E-state index in [1.165, 1.54) is 5.56 Å². The van der Waals surface area contributed by atoms with Crippen LogP contribution in [0.25, 0.3) is 0 Å². The van der Waals surface area contributed by atoms with Crippen molar-refractivity contribution in [2.24, 2.45) is 17.6 Å². The molecule has 1 aromatic carbocycles. The average molecular weight is 361 g/mol. The van der Waals surface area contributed by atoms with E-state index >= 15 is 0 Å². The van der Waals surface area contributed by atoms with Gasteiger partial charge < -0.3 is 16.4 Å². The van der Waals surface area contributed by atoms with Crippen molar-refractivity contribution in [3.8, 4) is 0 Å². The number of carbonyl (C=O) groups excluding carboxylic acids is 2. The van der Waals surface area contributed by atoms with Gasteiger partial charge in [0.25, 0.3) is 0 Å². The lowest BCUT2D eigenvalue weighted by Gasteiger charge is -2.22. The zero-order valence-electron chi connectivity index (χ0n) is 16.1. The number of hydrogen-bond acceptors (Lipinski definition) is 4. The number of hydrogen-bond donors (Lipinski definition) is 3. The number of rotatable bonds is 8. The molecule has 1 fully saturated rings. The third kappa shape index (κ3) is 6.11. The molecule has 0 spiro atoms. The van der Waals surface area contributed by atoms with E-state index < -0.39 is 6.04 Å². The smallest absolute Gasteiger partial charge is 0.239 e. The molecule has 1 heterocycles. The number of nitrogens with zero attached hydrogens (tertiary/aromatic N) is 1. The molecule has 144 valence electrons. The Morgan fingerprint density at radius 3 is 2.58 bits per heavy atom. The minimum atomic E-state index is -0.582. The van der Waals surface area contributed by atoms with Gasteiger partial charge in [0.15, 0.2) is 0 Å². The largest absolute Gasteiger partial charge is 0.352 e. The molecular weight excluding hydrogens is 328 g/mol. The summed E-state index contributed by atoms with van der Waals surface area (Å²) in [6, 6.07) is 9.93. The zero-order chi connectivity index (χ0) is 19.1. The molecule has 2 rings (SSSR count). The van der Waals surface area contributed by atoms with Crippen molar-refractivity contribution in [3.63, 3.8) is 0 Å². The fourth-order valence-electron chi connectivity index (χ4n) is 3.27. The Balaban J connectivity index is 1.71. The second kappa shape index (κ2) is 9.69. The van der Waals surface area contributed by atoms with E-state index in [1.54, 1.807) is 0 Å². The van der Waals surface area contributed by atoms with Gasteiger partial charge in [-0.05, 0) is 37.3 Å². The molecule has 3 atom stereocenters. The lowest BCUT2D eigenvalue weighted by molar-refractivity contribution is -0.127. The van der Waals surface area contributed by atoms with Crippen LogP contribution in [0.5, 0.6) is 0 Å². The van der Waals surface area contributed by atoms with Crippen LogP contribution in [0.2, 0.25) is 0 Å². The third-order valence-corrected chi connectivity index (χ3v) is 5.10. The van der Waals surface area contributed by atoms with Gasteiger partial charge in [-0.2, -0.15) is 0 Å². The molecular formula is C20H32N4O2. The number of nitrogens with one attached hydrogen (secondary N) is 2. The Morgan fingerprint density at radius 2 is 1.92 bits per heavy atom. The Hall–Kier alpha value is -1.92. The summed E-state index contributed by atoms with van der Waals surface area (Å²) >= 11 is 0. The Morgan fingerprint density at radius 1 is 1.23 bits per heavy atom. The highest BCUT2D eigenvalue weighted by Gasteiger charge is 2.28. The first-order chi connectivity index (χ1) is 12.4. The lowest BCUT2D eigenvalue weighted by Crippen LogP contribution is -2.49. The maximum absolute atomic E-state index is 12.1. The second-order valence-corrected chi connectivity index (χ2v) is 7.61. The Bertz CT molecular complexity index is 591. The summed E-state index contributed by atoms with van der Waals surface area (Å²) in [5.74, 6) is 0.0309. The van der Waals surface area contributed by atoms with Crippen molar-refractivity contribution in [1.82, 2.24) is 15.5 Å². The molecule has 0 radical (unpaired) electrons. The molecule has 1 aliphatic rings. The molecule has 0 bridgehead atoms. The predicted octanol–water partition coefficient (Wildman–Crippen LogP) is 1.11. The van der Waals surface area contributed by atoms with Crippen molar-refractivity contribution in [3.05, 3.63) is 35.9 Å². The summed E-state index contributed by atoms with van der Waals surface area (Å²) in [7, 11) is 0. The summed E-state index contributed by atoms with van der Waals surface area (Å²) in [6.45, 7) is 8.74. The first-order valence-electron chi connectivity index (χ1n) is 9.45. The monoisotopic (exact) mass is 360 g/mol. The van der Waals surface area contributed by atoms with Crippen LogP contribution in [-0.2, 0) is 16.1 Å². The predicted molar refractivity (Wildman–Crippen MR) is 103 cm³/mol. The number of likely N-dealkylation sites (tertiary alicyclic amines) is 1. The first kappa shape index (κ1) is 20.4. The SMILES string of the molecule is CC(NC(=O)CNC(=O)[C@@H](N)C(C)C)C1CCN(Cc2ccccc2)C1. The quantitative estimate of drug-likeness (QED) is 0.648. The van der Waals surface area contributed by atoms with Gasteiger partial charge in [-0.25, -0.2) is 0 Å². The van der Waals surface area contributed by atoms with Crippen LogP contribution < -0.4 is 16.4 Å². The van der Waals surface area contributed by atoms with Crippen LogP contribution in [-0.4, -0.2) is 48.4 Å². The van der Waals surface area contributed by atoms with Crippen LogP contribution in [0.4, 0.5) is 0 Å². The number of carbonyl (C=O) groups is 2. The zero-order valence-corrected chi connectivity index (χ0v) is 16.1. The summed E-state index contributed by atoms with van der Waals surface area (Å²) < 4.78 is 0. The van der Waals surface area contributed by atoms with E-state index in [0.717, 1.165) is 26.1 Å². The number of nitrogens with two attached hydrogens (primary N) is 1. The highest BCUT2D eigenvalue weighted by Crippen LogP contribution is 2.21. The van der Waals surface area contributed by atoms with Crippen molar-refractivity contribution in [1.29, 1.82) is 0 Å². The van der Waals surface area contributed by atoms with Gasteiger partial charge in [-0.15, -0.1) is 0 Å². The highest BCUT2D eigenvalue weighted by molar-refractivity contribution is 5.87. The van der Waals surface area contributed by atoms with Crippen LogP contribution in [0.1, 0.15) is 32.8 Å². The van der Waals surface area contributed by atoms with Crippen molar-refractivity contribution < 1.29 is 9.59 Å². The van der Waals surface area contributed by atoms with Gasteiger partial charge in [0.1, 0.15) is 0 Å². The highest BCUT2D eigenvalue weighted by atomic mass is 16.2. The molecule has 0 aromatic heterocycles. The van der Waals surface area contributed by atoms with E-state index in [4.69, 9.17) is 5.73 Å². The Kier molecular flexibility index (Phi) is 7.60. The fourth-order valence-corrected chi connectivity index (χ4v) is 3.27. The second-order valence-electron chi connectivity index (χ2n) is 7.61. The normalized spacial score (nSPS) is 20.0. The van der Waals surface area contributed by atoms with Crippen molar-refractivity contribution in [2.75, 3.05) is 19.6 Å². The minimum Gasteiger partial charge on any atom is -0.352 e. The third-order valence-electron chi connectivity index (χ3n) is 5.10. The van der Waals surface area contributed by atoms with Crippen LogP contribution in [0.3, 0.4) is 0 Å². The molecule has 0 saturated carbocycles. The van der Waals surface area contributed by atoms with Gasteiger partial charge in [0, 0.05) is 19.1 Å². The van der Waals surface area contributed by atoms with Gasteiger partial charge in [-0.3, -0.25) is 14.5 Å². The van der Waals surface area contributed by atoms with E-state index in [0.29, 0.717) is 5.92 Å². The van der Waals surface area contributed by atoms with E-state index in [9.17, 15) is 9.59 Å². The molecule has 26 heavy (non-hydrogen) atoms. The maximum atomic E-state index is 12.1. The standard InChI is InChI=1S/C20H32N4O2/c1-14(2)19(21)20(26)22-11-18(25)23-15(3)17-9-10-24(13-17)12-16-7-5-4-6-8-16/h4-8,14-15,17,19H,9-13,21H2,1-3H3,(H,22,26)(H,23,25)/t15?,17?,19-/m0/s1. The number of benzene rings is 1. The van der Waals surface area contributed by atoms with Gasteiger partial charge >= 0.3 is 0 Å². The van der Waals surface area contributed by atoms with Crippen LogP contribution >= 0.6 is 0 Å². The molecule has 1 aromatic rings. The molecule has 6 nitrogen and oxygen atoms in total. The van der Waals surface area contributed by atoms with Crippen molar-refractivity contribution in [2.45, 2.75) is 45.8 Å². The molecule has 2 amide bonds. The molecule has 6 heteroatoms. The average Bonchev–Trinajstić information content (AvgIpc) is 3.08. The fraction of sp³-hybridized carbons (Fsp3) is 0.600. The van der Waals surface area contributed by atoms with Crippen LogP contribution in [0.15, 0.2) is 30.3 Å².